The number of nitrogens with one attached hydrogen (secondary N) is 1. The Kier molecular flexibility index (Phi) is 27.0. The highest BCUT2D eigenvalue weighted by molar-refractivity contribution is 5.81. The van der Waals surface area contributed by atoms with Crippen molar-refractivity contribution in [2.75, 3.05) is 19.6 Å². The van der Waals surface area contributed by atoms with Crippen molar-refractivity contribution >= 4 is 12.1 Å². The maximum Gasteiger partial charge on any atom is 0.408 e. The number of ether oxygens (including phenoxy) is 2. The maximum absolute atomic E-state index is 13.1. The molecule has 0 spiro atoms. The third kappa shape index (κ3) is 26.6. The summed E-state index contributed by atoms with van der Waals surface area (Å²) in [5, 5.41) is 24.6. The Balaban J connectivity index is 2.68. The molecule has 1 amide bonds. The van der Waals surface area contributed by atoms with Crippen molar-refractivity contribution in [2.45, 2.75) is 200 Å². The summed E-state index contributed by atoms with van der Waals surface area (Å²) in [6.45, 7) is 11.7. The molecule has 0 bridgehead atoms. The molecule has 1 aromatic rings. The first-order valence-corrected chi connectivity index (χ1v) is 20.3. The van der Waals surface area contributed by atoms with Gasteiger partial charge in [-0.1, -0.05) is 147 Å². The number of esters is 1. The van der Waals surface area contributed by atoms with E-state index in [1.807, 2.05) is 30.3 Å². The summed E-state index contributed by atoms with van der Waals surface area (Å²) in [4.78, 5) is 27.9. The van der Waals surface area contributed by atoms with E-state index in [-0.39, 0.29) is 6.61 Å². The monoisotopic (exact) mass is 705 g/mol. The standard InChI is InChI=1S/C42H76N2O6/c1-6-8-10-12-14-16-18-23-29-37(45)33-44(34-38(46)30-24-19-17-15-13-11-9-7-2)32-26-25-31-39(43-41(48)50-42(3,4)5)40(47)49-35-36-27-21-20-22-28-36/h20-22,27-28,37-39,45-46H,6-19,23-26,29-35H2,1-5H3,(H,43,48)/t37-,38-,39?/m1/s1. The van der Waals surface area contributed by atoms with Gasteiger partial charge in [-0.25, -0.2) is 9.59 Å². The van der Waals surface area contributed by atoms with Gasteiger partial charge in [0.1, 0.15) is 18.2 Å². The van der Waals surface area contributed by atoms with Crippen LogP contribution in [-0.2, 0) is 20.9 Å². The van der Waals surface area contributed by atoms with Crippen LogP contribution in [0.3, 0.4) is 0 Å². The quantitative estimate of drug-likeness (QED) is 0.0522. The smallest absolute Gasteiger partial charge is 0.408 e. The molecule has 0 radical (unpaired) electrons. The second-order valence-corrected chi connectivity index (χ2v) is 15.4. The lowest BCUT2D eigenvalue weighted by molar-refractivity contribution is -0.147. The van der Waals surface area contributed by atoms with Crippen LogP contribution in [0.15, 0.2) is 30.3 Å². The number of hydrogen-bond donors (Lipinski definition) is 3. The number of benzene rings is 1. The summed E-state index contributed by atoms with van der Waals surface area (Å²) in [5.41, 5.74) is 0.192. The van der Waals surface area contributed by atoms with E-state index in [4.69, 9.17) is 9.47 Å². The van der Waals surface area contributed by atoms with Crippen LogP contribution in [0.1, 0.15) is 175 Å². The highest BCUT2D eigenvalue weighted by atomic mass is 16.6. The lowest BCUT2D eigenvalue weighted by Gasteiger charge is -2.28. The predicted molar refractivity (Wildman–Crippen MR) is 206 cm³/mol. The van der Waals surface area contributed by atoms with Crippen molar-refractivity contribution < 1.29 is 29.3 Å². The number of hydrogen-bond acceptors (Lipinski definition) is 7. The highest BCUT2D eigenvalue weighted by Gasteiger charge is 2.26. The van der Waals surface area contributed by atoms with Crippen LogP contribution >= 0.6 is 0 Å². The van der Waals surface area contributed by atoms with E-state index in [1.54, 1.807) is 20.8 Å². The zero-order valence-electron chi connectivity index (χ0n) is 32.8. The molecule has 1 rings (SSSR count). The van der Waals surface area contributed by atoms with Crippen molar-refractivity contribution in [3.63, 3.8) is 0 Å². The van der Waals surface area contributed by atoms with E-state index in [0.717, 1.165) is 50.5 Å². The van der Waals surface area contributed by atoms with Crippen LogP contribution in [0.4, 0.5) is 4.79 Å². The molecule has 0 heterocycles. The van der Waals surface area contributed by atoms with Gasteiger partial charge in [-0.2, -0.15) is 0 Å². The Morgan fingerprint density at radius 3 is 1.62 bits per heavy atom. The normalized spacial score (nSPS) is 13.6. The minimum atomic E-state index is -0.831. The van der Waals surface area contributed by atoms with E-state index in [0.29, 0.717) is 32.5 Å². The fourth-order valence-corrected chi connectivity index (χ4v) is 6.28. The molecule has 3 atom stereocenters. The van der Waals surface area contributed by atoms with Crippen LogP contribution in [0.2, 0.25) is 0 Å². The summed E-state index contributed by atoms with van der Waals surface area (Å²) in [6.07, 6.45) is 21.6. The molecule has 50 heavy (non-hydrogen) atoms. The fourth-order valence-electron chi connectivity index (χ4n) is 6.28. The summed E-state index contributed by atoms with van der Waals surface area (Å²) < 4.78 is 11.0. The second-order valence-electron chi connectivity index (χ2n) is 15.4. The largest absolute Gasteiger partial charge is 0.459 e. The number of rotatable bonds is 31. The molecule has 8 heteroatoms. The predicted octanol–water partition coefficient (Wildman–Crippen LogP) is 9.88. The third-order valence-electron chi connectivity index (χ3n) is 9.14. The topological polar surface area (TPSA) is 108 Å². The maximum atomic E-state index is 13.1. The molecule has 0 aliphatic rings. The second kappa shape index (κ2) is 29.4. The summed E-state index contributed by atoms with van der Waals surface area (Å²) in [7, 11) is 0. The third-order valence-corrected chi connectivity index (χ3v) is 9.14. The van der Waals surface area contributed by atoms with Gasteiger partial charge in [0.05, 0.1) is 12.2 Å². The van der Waals surface area contributed by atoms with E-state index in [1.165, 1.54) is 77.0 Å². The number of aliphatic hydroxyl groups excluding tert-OH is 2. The Labute approximate surface area is 306 Å². The minimum absolute atomic E-state index is 0.132. The number of alkyl carbamates (subject to hydrolysis) is 1. The molecule has 0 saturated carbocycles. The number of unbranched alkanes of at least 4 members (excludes halogenated alkanes) is 15. The molecule has 8 nitrogen and oxygen atoms in total. The number of amides is 1. The Hall–Kier alpha value is -2.16. The molecule has 290 valence electrons. The van der Waals surface area contributed by atoms with Gasteiger partial charge in [0, 0.05) is 13.1 Å². The lowest BCUT2D eigenvalue weighted by Crippen LogP contribution is -2.44. The van der Waals surface area contributed by atoms with Gasteiger partial charge in [-0.15, -0.1) is 0 Å². The number of aliphatic hydroxyl groups is 2. The summed E-state index contributed by atoms with van der Waals surface area (Å²) in [6, 6.07) is 8.65. The fraction of sp³-hybridized carbons (Fsp3) is 0.810. The van der Waals surface area contributed by atoms with Gasteiger partial charge in [0.25, 0.3) is 0 Å². The van der Waals surface area contributed by atoms with Crippen molar-refractivity contribution in [1.82, 2.24) is 10.2 Å². The Morgan fingerprint density at radius 1 is 0.680 bits per heavy atom. The molecular weight excluding hydrogens is 628 g/mol. The van der Waals surface area contributed by atoms with Gasteiger partial charge in [0.15, 0.2) is 0 Å². The summed E-state index contributed by atoms with van der Waals surface area (Å²) in [5.74, 6) is -0.488. The zero-order chi connectivity index (χ0) is 36.9. The van der Waals surface area contributed by atoms with Crippen LogP contribution in [0.5, 0.6) is 0 Å². The van der Waals surface area contributed by atoms with Crippen molar-refractivity contribution in [3.8, 4) is 0 Å². The lowest BCUT2D eigenvalue weighted by atomic mass is 10.0. The van der Waals surface area contributed by atoms with E-state index < -0.39 is 35.9 Å². The average molecular weight is 705 g/mol. The first-order chi connectivity index (χ1) is 24.0. The van der Waals surface area contributed by atoms with Gasteiger partial charge in [0.2, 0.25) is 0 Å². The van der Waals surface area contributed by atoms with Crippen LogP contribution in [0, 0.1) is 0 Å². The molecule has 0 aromatic heterocycles. The number of carbonyl (C=O) groups is 2. The first kappa shape index (κ1) is 45.9. The Morgan fingerprint density at radius 2 is 1.14 bits per heavy atom. The van der Waals surface area contributed by atoms with Gasteiger partial charge >= 0.3 is 12.1 Å². The number of nitrogens with zero attached hydrogens (tertiary/aromatic N) is 1. The Bertz CT molecular complexity index is 925. The van der Waals surface area contributed by atoms with Gasteiger partial charge in [-0.3, -0.25) is 4.90 Å². The molecule has 1 aromatic carbocycles. The van der Waals surface area contributed by atoms with E-state index in [2.05, 4.69) is 24.1 Å². The van der Waals surface area contributed by atoms with Crippen LogP contribution < -0.4 is 5.32 Å². The zero-order valence-corrected chi connectivity index (χ0v) is 32.8. The SMILES string of the molecule is CCCCCCCCCC[C@@H](O)CN(CCCCC(NC(=O)OC(C)(C)C)C(=O)OCc1ccccc1)C[C@H](O)CCCCCCCCCC. The minimum Gasteiger partial charge on any atom is -0.459 e. The van der Waals surface area contributed by atoms with Crippen molar-refractivity contribution in [3.05, 3.63) is 35.9 Å². The van der Waals surface area contributed by atoms with Gasteiger partial charge in [-0.05, 0) is 65.0 Å². The number of carbonyl (C=O) groups excluding carboxylic acids is 2. The molecule has 0 saturated heterocycles. The van der Waals surface area contributed by atoms with E-state index >= 15 is 0 Å². The van der Waals surface area contributed by atoms with Crippen LogP contribution in [0.25, 0.3) is 0 Å². The molecule has 0 aliphatic carbocycles. The molecular formula is C42H76N2O6. The molecule has 1 unspecified atom stereocenters. The molecule has 0 aliphatic heterocycles. The molecule has 0 fully saturated rings. The van der Waals surface area contributed by atoms with E-state index in [9.17, 15) is 19.8 Å². The summed E-state index contributed by atoms with van der Waals surface area (Å²) >= 11 is 0. The van der Waals surface area contributed by atoms with Crippen LogP contribution in [-0.4, -0.2) is 70.7 Å². The average Bonchev–Trinajstić information content (AvgIpc) is 3.07. The first-order valence-electron chi connectivity index (χ1n) is 20.3. The van der Waals surface area contributed by atoms with Gasteiger partial charge < -0.3 is 25.0 Å². The van der Waals surface area contributed by atoms with Crippen molar-refractivity contribution in [2.24, 2.45) is 0 Å². The molecule has 3 N–H and O–H groups in total. The highest BCUT2D eigenvalue weighted by Crippen LogP contribution is 2.16. The van der Waals surface area contributed by atoms with Crippen molar-refractivity contribution in [1.29, 1.82) is 0 Å².